The standard InChI is InChI=1S/C15H17FN4O2.C2H4O2/c1-2-22-15(21)19-12-7-8-13(20-14(12)17)18-9-10-3-5-11(16)6-4-10;1-2(3)4/h3-8H,2,9H2,1H3,(H,19,21)(H3,17,18,20);1H3,(H,3,4). The number of amides is 1. The van der Waals surface area contributed by atoms with E-state index in [0.717, 1.165) is 12.5 Å². The number of carboxylic acid groups (broad SMARTS) is 1. The number of ether oxygens (including phenoxy) is 1. The van der Waals surface area contributed by atoms with Crippen LogP contribution in [-0.2, 0) is 16.1 Å². The van der Waals surface area contributed by atoms with Gasteiger partial charge in [-0.15, -0.1) is 0 Å². The maximum absolute atomic E-state index is 12.8. The largest absolute Gasteiger partial charge is 0.481 e. The van der Waals surface area contributed by atoms with E-state index in [2.05, 4.69) is 15.6 Å². The summed E-state index contributed by atoms with van der Waals surface area (Å²) in [6, 6.07) is 9.47. The number of nitrogens with one attached hydrogen (secondary N) is 2. The lowest BCUT2D eigenvalue weighted by Gasteiger charge is -2.10. The van der Waals surface area contributed by atoms with Crippen LogP contribution in [0.2, 0.25) is 0 Å². The molecule has 0 aliphatic heterocycles. The van der Waals surface area contributed by atoms with Crippen molar-refractivity contribution in [1.29, 1.82) is 0 Å². The Bertz CT molecular complexity index is 734. The Balaban J connectivity index is 0.000000765. The molecule has 0 unspecified atom stereocenters. The summed E-state index contributed by atoms with van der Waals surface area (Å²) in [4.78, 5) is 24.5. The summed E-state index contributed by atoms with van der Waals surface area (Å²) in [7, 11) is 0. The van der Waals surface area contributed by atoms with Gasteiger partial charge in [0, 0.05) is 13.5 Å². The molecule has 1 aromatic carbocycles. The number of nitrogen functional groups attached to an aromatic ring is 1. The van der Waals surface area contributed by atoms with Gasteiger partial charge in [-0.1, -0.05) is 12.1 Å². The van der Waals surface area contributed by atoms with E-state index in [1.165, 1.54) is 12.1 Å². The highest BCUT2D eigenvalue weighted by atomic mass is 19.1. The monoisotopic (exact) mass is 364 g/mol. The lowest BCUT2D eigenvalue weighted by Crippen LogP contribution is -2.15. The third-order valence-corrected chi connectivity index (χ3v) is 2.82. The Hall–Kier alpha value is -3.36. The molecular formula is C17H21FN4O4. The number of aromatic nitrogens is 1. The van der Waals surface area contributed by atoms with E-state index < -0.39 is 12.1 Å². The Morgan fingerprint density at radius 3 is 2.38 bits per heavy atom. The zero-order chi connectivity index (χ0) is 19.5. The summed E-state index contributed by atoms with van der Waals surface area (Å²) in [5.41, 5.74) is 7.08. The van der Waals surface area contributed by atoms with Crippen LogP contribution in [0.25, 0.3) is 0 Å². The topological polar surface area (TPSA) is 127 Å². The number of halogens is 1. The number of hydrogen-bond donors (Lipinski definition) is 4. The number of carbonyl (C=O) groups is 2. The van der Waals surface area contributed by atoms with Crippen LogP contribution >= 0.6 is 0 Å². The van der Waals surface area contributed by atoms with Gasteiger partial charge < -0.3 is 20.9 Å². The molecule has 2 rings (SSSR count). The van der Waals surface area contributed by atoms with Crippen molar-refractivity contribution in [1.82, 2.24) is 4.98 Å². The first-order valence-corrected chi connectivity index (χ1v) is 7.70. The van der Waals surface area contributed by atoms with Crippen LogP contribution in [0.5, 0.6) is 0 Å². The molecule has 1 aromatic heterocycles. The molecule has 0 atom stereocenters. The number of carbonyl (C=O) groups excluding carboxylic acids is 1. The van der Waals surface area contributed by atoms with Gasteiger partial charge in [0.2, 0.25) is 0 Å². The normalized spacial score (nSPS) is 9.50. The summed E-state index contributed by atoms with van der Waals surface area (Å²) in [6.07, 6.45) is -0.581. The fourth-order valence-corrected chi connectivity index (χ4v) is 1.75. The second kappa shape index (κ2) is 10.5. The van der Waals surface area contributed by atoms with Crippen molar-refractivity contribution >= 4 is 29.4 Å². The molecule has 0 aliphatic carbocycles. The van der Waals surface area contributed by atoms with Crippen molar-refractivity contribution in [3.8, 4) is 0 Å². The first-order chi connectivity index (χ1) is 12.3. The van der Waals surface area contributed by atoms with Crippen LogP contribution in [0, 0.1) is 5.82 Å². The molecule has 0 radical (unpaired) electrons. The third-order valence-electron chi connectivity index (χ3n) is 2.82. The van der Waals surface area contributed by atoms with Gasteiger partial charge in [0.05, 0.1) is 12.3 Å². The van der Waals surface area contributed by atoms with Gasteiger partial charge in [-0.3, -0.25) is 10.1 Å². The number of anilines is 3. The zero-order valence-electron chi connectivity index (χ0n) is 14.5. The molecule has 0 spiro atoms. The molecular weight excluding hydrogens is 343 g/mol. The van der Waals surface area contributed by atoms with E-state index in [0.29, 0.717) is 18.1 Å². The second-order valence-electron chi connectivity index (χ2n) is 4.97. The molecule has 0 bridgehead atoms. The first-order valence-electron chi connectivity index (χ1n) is 7.70. The number of hydrogen-bond acceptors (Lipinski definition) is 6. The van der Waals surface area contributed by atoms with Gasteiger partial charge in [0.15, 0.2) is 0 Å². The Labute approximate surface area is 150 Å². The fourth-order valence-electron chi connectivity index (χ4n) is 1.75. The molecule has 140 valence electrons. The average molecular weight is 364 g/mol. The van der Waals surface area contributed by atoms with Crippen LogP contribution in [0.3, 0.4) is 0 Å². The van der Waals surface area contributed by atoms with Gasteiger partial charge in [-0.05, 0) is 36.8 Å². The Morgan fingerprint density at radius 1 is 1.23 bits per heavy atom. The van der Waals surface area contributed by atoms with E-state index in [4.69, 9.17) is 20.4 Å². The van der Waals surface area contributed by atoms with Crippen LogP contribution in [0.15, 0.2) is 36.4 Å². The number of benzene rings is 1. The van der Waals surface area contributed by atoms with Crippen LogP contribution in [0.4, 0.5) is 26.5 Å². The lowest BCUT2D eigenvalue weighted by molar-refractivity contribution is -0.134. The Kier molecular flexibility index (Phi) is 8.35. The minimum absolute atomic E-state index is 0.178. The highest BCUT2D eigenvalue weighted by Gasteiger charge is 2.07. The third kappa shape index (κ3) is 7.95. The summed E-state index contributed by atoms with van der Waals surface area (Å²) in [5.74, 6) is -0.381. The number of aliphatic carboxylic acids is 1. The number of rotatable bonds is 5. The van der Waals surface area contributed by atoms with E-state index in [9.17, 15) is 9.18 Å². The maximum atomic E-state index is 12.8. The average Bonchev–Trinajstić information content (AvgIpc) is 2.56. The van der Waals surface area contributed by atoms with Gasteiger partial charge in [0.25, 0.3) is 5.97 Å². The van der Waals surface area contributed by atoms with Crippen LogP contribution in [0.1, 0.15) is 19.4 Å². The molecule has 2 aromatic rings. The predicted octanol–water partition coefficient (Wildman–Crippen LogP) is 3.07. The molecule has 26 heavy (non-hydrogen) atoms. The predicted molar refractivity (Wildman–Crippen MR) is 96.3 cm³/mol. The first kappa shape index (κ1) is 20.7. The number of nitrogens with two attached hydrogens (primary N) is 1. The minimum atomic E-state index is -0.833. The van der Waals surface area contributed by atoms with Crippen LogP contribution in [-0.4, -0.2) is 28.8 Å². The second-order valence-corrected chi connectivity index (χ2v) is 4.97. The highest BCUT2D eigenvalue weighted by molar-refractivity contribution is 5.88. The number of nitrogens with zero attached hydrogens (tertiary/aromatic N) is 1. The van der Waals surface area contributed by atoms with Crippen LogP contribution < -0.4 is 16.4 Å². The van der Waals surface area contributed by atoms with E-state index in [1.807, 2.05) is 0 Å². The summed E-state index contributed by atoms with van der Waals surface area (Å²) in [6.45, 7) is 3.55. The van der Waals surface area contributed by atoms with Crippen molar-refractivity contribution in [2.24, 2.45) is 0 Å². The highest BCUT2D eigenvalue weighted by Crippen LogP contribution is 2.19. The van der Waals surface area contributed by atoms with Crippen molar-refractivity contribution in [2.75, 3.05) is 23.0 Å². The molecule has 9 heteroatoms. The molecule has 0 aliphatic rings. The summed E-state index contributed by atoms with van der Waals surface area (Å²) in [5, 5.41) is 13.0. The quantitative estimate of drug-likeness (QED) is 0.642. The van der Waals surface area contributed by atoms with Crippen molar-refractivity contribution in [3.63, 3.8) is 0 Å². The molecule has 0 saturated carbocycles. The van der Waals surface area contributed by atoms with Gasteiger partial charge in [-0.2, -0.15) is 0 Å². The van der Waals surface area contributed by atoms with Gasteiger partial charge in [0.1, 0.15) is 17.5 Å². The molecule has 8 nitrogen and oxygen atoms in total. The molecule has 1 heterocycles. The van der Waals surface area contributed by atoms with E-state index >= 15 is 0 Å². The van der Waals surface area contributed by atoms with Crippen molar-refractivity contribution < 1.29 is 23.8 Å². The maximum Gasteiger partial charge on any atom is 0.411 e. The fraction of sp³-hybridized carbons (Fsp3) is 0.235. The SMILES string of the molecule is CC(=O)O.CCOC(=O)Nc1ccc(NCc2ccc(F)cc2)nc1N. The van der Waals surface area contributed by atoms with E-state index in [1.54, 1.807) is 31.2 Å². The molecule has 1 amide bonds. The number of carboxylic acids is 1. The van der Waals surface area contributed by atoms with Crippen molar-refractivity contribution in [3.05, 3.63) is 47.8 Å². The summed E-state index contributed by atoms with van der Waals surface area (Å²) >= 11 is 0. The van der Waals surface area contributed by atoms with Crippen molar-refractivity contribution in [2.45, 2.75) is 20.4 Å². The minimum Gasteiger partial charge on any atom is -0.481 e. The summed E-state index contributed by atoms with van der Waals surface area (Å²) < 4.78 is 17.6. The van der Waals surface area contributed by atoms with E-state index in [-0.39, 0.29) is 18.2 Å². The van der Waals surface area contributed by atoms with Gasteiger partial charge >= 0.3 is 6.09 Å². The van der Waals surface area contributed by atoms with Gasteiger partial charge in [-0.25, -0.2) is 14.2 Å². The smallest absolute Gasteiger partial charge is 0.411 e. The molecule has 0 fully saturated rings. The molecule has 0 saturated heterocycles. The zero-order valence-corrected chi connectivity index (χ0v) is 14.5. The molecule has 5 N–H and O–H groups in total. The number of pyridine rings is 1. The lowest BCUT2D eigenvalue weighted by atomic mass is 10.2. The Morgan fingerprint density at radius 2 is 1.85 bits per heavy atom.